The number of Topliss-reactive ketones (excluding diaryl/α,β-unsaturated/α-hetero) is 1. The van der Waals surface area contributed by atoms with Crippen LogP contribution < -0.4 is 10.6 Å². The van der Waals surface area contributed by atoms with Gasteiger partial charge < -0.3 is 15.4 Å². The van der Waals surface area contributed by atoms with E-state index in [0.29, 0.717) is 29.5 Å². The number of hydrogen-bond donors (Lipinski definition) is 2. The lowest BCUT2D eigenvalue weighted by atomic mass is 9.90. The molecule has 1 aromatic carbocycles. The van der Waals surface area contributed by atoms with Crippen LogP contribution in [0.4, 0.5) is 11.4 Å². The third-order valence-electron chi connectivity index (χ3n) is 6.22. The van der Waals surface area contributed by atoms with Crippen LogP contribution in [0.25, 0.3) is 0 Å². The van der Waals surface area contributed by atoms with Gasteiger partial charge in [0.15, 0.2) is 5.78 Å². The Bertz CT molecular complexity index is 1060. The summed E-state index contributed by atoms with van der Waals surface area (Å²) in [4.78, 5) is 40.2. The van der Waals surface area contributed by atoms with Crippen LogP contribution in [0.5, 0.6) is 0 Å². The summed E-state index contributed by atoms with van der Waals surface area (Å²) in [6.07, 6.45) is 0.889. The SMILES string of the molecule is CC(C)C[C@H](CC(=O)c1ccc(NC(C(C)C)C(C)C)c(NC(=O)Cc2cccs2)c1)C(=O)OC(C)(C)C. The molecule has 0 saturated heterocycles. The molecule has 1 aromatic heterocycles. The van der Waals surface area contributed by atoms with Crippen molar-refractivity contribution in [2.24, 2.45) is 23.7 Å². The normalized spacial score (nSPS) is 12.8. The second-order valence-electron chi connectivity index (χ2n) is 12.2. The molecule has 210 valence electrons. The zero-order valence-electron chi connectivity index (χ0n) is 24.5. The summed E-state index contributed by atoms with van der Waals surface area (Å²) in [5.41, 5.74) is 1.19. The highest BCUT2D eigenvalue weighted by Gasteiger charge is 2.29. The maximum Gasteiger partial charge on any atom is 0.309 e. The van der Waals surface area contributed by atoms with Crippen LogP contribution in [-0.2, 0) is 20.7 Å². The summed E-state index contributed by atoms with van der Waals surface area (Å²) >= 11 is 1.54. The van der Waals surface area contributed by atoms with E-state index in [4.69, 9.17) is 4.74 Å². The molecule has 0 radical (unpaired) electrons. The second-order valence-corrected chi connectivity index (χ2v) is 13.2. The third-order valence-corrected chi connectivity index (χ3v) is 7.09. The molecule has 0 unspecified atom stereocenters. The molecule has 0 fully saturated rings. The fourth-order valence-corrected chi connectivity index (χ4v) is 5.26. The molecule has 7 heteroatoms. The molecule has 2 N–H and O–H groups in total. The molecule has 0 bridgehead atoms. The molecule has 0 aliphatic heterocycles. The zero-order chi connectivity index (χ0) is 28.6. The van der Waals surface area contributed by atoms with Gasteiger partial charge in [-0.1, -0.05) is 47.6 Å². The molecular weight excluding hydrogens is 496 g/mol. The van der Waals surface area contributed by atoms with Crippen molar-refractivity contribution < 1.29 is 19.1 Å². The fraction of sp³-hybridized carbons (Fsp3) is 0.581. The molecular formula is C31H46N2O4S. The van der Waals surface area contributed by atoms with E-state index in [2.05, 4.69) is 38.3 Å². The summed E-state index contributed by atoms with van der Waals surface area (Å²) in [6.45, 7) is 18.2. The Labute approximate surface area is 232 Å². The summed E-state index contributed by atoms with van der Waals surface area (Å²) in [7, 11) is 0. The summed E-state index contributed by atoms with van der Waals surface area (Å²) < 4.78 is 5.61. The largest absolute Gasteiger partial charge is 0.460 e. The Morgan fingerprint density at radius 2 is 1.61 bits per heavy atom. The first-order valence-corrected chi connectivity index (χ1v) is 14.5. The lowest BCUT2D eigenvalue weighted by Crippen LogP contribution is -2.32. The first-order chi connectivity index (χ1) is 17.7. The monoisotopic (exact) mass is 542 g/mol. The van der Waals surface area contributed by atoms with Crippen molar-refractivity contribution in [2.45, 2.75) is 93.2 Å². The van der Waals surface area contributed by atoms with Gasteiger partial charge in [0.25, 0.3) is 0 Å². The smallest absolute Gasteiger partial charge is 0.309 e. The predicted molar refractivity (Wildman–Crippen MR) is 158 cm³/mol. The van der Waals surface area contributed by atoms with Crippen molar-refractivity contribution in [1.82, 2.24) is 0 Å². The van der Waals surface area contributed by atoms with E-state index in [1.54, 1.807) is 12.1 Å². The number of carbonyl (C=O) groups is 3. The van der Waals surface area contributed by atoms with Crippen LogP contribution in [-0.4, -0.2) is 29.3 Å². The van der Waals surface area contributed by atoms with E-state index < -0.39 is 11.5 Å². The first-order valence-electron chi connectivity index (χ1n) is 13.6. The third kappa shape index (κ3) is 10.2. The van der Waals surface area contributed by atoms with Crippen LogP contribution in [0.3, 0.4) is 0 Å². The summed E-state index contributed by atoms with van der Waals surface area (Å²) in [6, 6.07) is 9.41. The van der Waals surface area contributed by atoms with E-state index in [9.17, 15) is 14.4 Å². The number of anilines is 2. The quantitative estimate of drug-likeness (QED) is 0.201. The minimum Gasteiger partial charge on any atom is -0.460 e. The molecule has 1 amide bonds. The first kappa shape index (κ1) is 31.5. The highest BCUT2D eigenvalue weighted by atomic mass is 32.1. The van der Waals surface area contributed by atoms with Gasteiger partial charge in [0.05, 0.1) is 23.7 Å². The number of esters is 1. The molecule has 2 aromatic rings. The van der Waals surface area contributed by atoms with Crippen molar-refractivity contribution in [1.29, 1.82) is 0 Å². The zero-order valence-corrected chi connectivity index (χ0v) is 25.3. The number of amides is 1. The van der Waals surface area contributed by atoms with Crippen LogP contribution in [0.2, 0.25) is 0 Å². The number of carbonyl (C=O) groups excluding carboxylic acids is 3. The highest BCUT2D eigenvalue weighted by Crippen LogP contribution is 2.30. The average molecular weight is 543 g/mol. The number of rotatable bonds is 13. The van der Waals surface area contributed by atoms with E-state index in [1.807, 2.05) is 58.2 Å². The van der Waals surface area contributed by atoms with Crippen molar-refractivity contribution >= 4 is 40.4 Å². The second kappa shape index (κ2) is 13.9. The molecule has 0 saturated carbocycles. The van der Waals surface area contributed by atoms with Crippen molar-refractivity contribution in [3.8, 4) is 0 Å². The molecule has 1 heterocycles. The Balaban J connectivity index is 2.34. The van der Waals surface area contributed by atoms with Gasteiger partial charge in [-0.15, -0.1) is 11.3 Å². The van der Waals surface area contributed by atoms with Crippen molar-refractivity contribution in [2.75, 3.05) is 10.6 Å². The van der Waals surface area contributed by atoms with E-state index in [1.165, 1.54) is 11.3 Å². The number of benzene rings is 1. The summed E-state index contributed by atoms with van der Waals surface area (Å²) in [5, 5.41) is 8.57. The van der Waals surface area contributed by atoms with Crippen LogP contribution in [0.1, 0.15) is 90.4 Å². The Morgan fingerprint density at radius 1 is 0.947 bits per heavy atom. The average Bonchev–Trinajstić information content (AvgIpc) is 3.28. The van der Waals surface area contributed by atoms with Gasteiger partial charge in [-0.05, 0) is 74.6 Å². The molecule has 1 atom stereocenters. The van der Waals surface area contributed by atoms with Crippen molar-refractivity contribution in [3.05, 3.63) is 46.2 Å². The Hall–Kier alpha value is -2.67. The number of hydrogen-bond acceptors (Lipinski definition) is 6. The van der Waals surface area contributed by atoms with Gasteiger partial charge in [-0.25, -0.2) is 0 Å². The standard InChI is InChI=1S/C31H46N2O4S/c1-19(2)15-23(30(36)37-31(7,8)9)17-27(34)22-12-13-25(33-29(20(3)4)21(5)6)26(16-22)32-28(35)18-24-11-10-14-38-24/h10-14,16,19-21,23,29,33H,15,17-18H2,1-9H3,(H,32,35)/t23-/m1/s1. The molecule has 0 aliphatic carbocycles. The molecule has 2 rings (SSSR count). The number of ether oxygens (including phenoxy) is 1. The van der Waals surface area contributed by atoms with Crippen LogP contribution in [0.15, 0.2) is 35.7 Å². The van der Waals surface area contributed by atoms with Gasteiger partial charge in [0.2, 0.25) is 5.91 Å². The van der Waals surface area contributed by atoms with Gasteiger partial charge >= 0.3 is 5.97 Å². The molecule has 38 heavy (non-hydrogen) atoms. The van der Waals surface area contributed by atoms with Crippen molar-refractivity contribution in [3.63, 3.8) is 0 Å². The van der Waals surface area contributed by atoms with E-state index >= 15 is 0 Å². The van der Waals surface area contributed by atoms with Crippen LogP contribution in [0, 0.1) is 23.7 Å². The highest BCUT2D eigenvalue weighted by molar-refractivity contribution is 7.10. The Morgan fingerprint density at radius 3 is 2.13 bits per heavy atom. The fourth-order valence-electron chi connectivity index (χ4n) is 4.55. The molecule has 0 spiro atoms. The lowest BCUT2D eigenvalue weighted by molar-refractivity contribution is -0.160. The maximum atomic E-state index is 13.4. The Kier molecular flexibility index (Phi) is 11.6. The molecule has 6 nitrogen and oxygen atoms in total. The summed E-state index contributed by atoms with van der Waals surface area (Å²) in [5.74, 6) is -0.180. The van der Waals surface area contributed by atoms with Gasteiger partial charge in [-0.2, -0.15) is 0 Å². The van der Waals surface area contributed by atoms with E-state index in [0.717, 1.165) is 10.6 Å². The number of thiophene rings is 1. The van der Waals surface area contributed by atoms with Gasteiger partial charge in [0.1, 0.15) is 5.60 Å². The molecule has 0 aliphatic rings. The number of nitrogens with one attached hydrogen (secondary N) is 2. The predicted octanol–water partition coefficient (Wildman–Crippen LogP) is 7.60. The lowest BCUT2D eigenvalue weighted by Gasteiger charge is -2.28. The minimum absolute atomic E-state index is 0.0586. The number of ketones is 1. The van der Waals surface area contributed by atoms with E-state index in [-0.39, 0.29) is 42.5 Å². The topological polar surface area (TPSA) is 84.5 Å². The minimum atomic E-state index is -0.619. The van der Waals surface area contributed by atoms with Crippen LogP contribution >= 0.6 is 11.3 Å². The maximum absolute atomic E-state index is 13.4. The van der Waals surface area contributed by atoms with Gasteiger partial charge in [-0.3, -0.25) is 14.4 Å². The van der Waals surface area contributed by atoms with Gasteiger partial charge in [0, 0.05) is 22.9 Å².